The number of nitrogens with zero attached hydrogens (tertiary/aromatic N) is 2. The Labute approximate surface area is 126 Å². The number of piperazine rings is 1. The second kappa shape index (κ2) is 8.35. The van der Waals surface area contributed by atoms with E-state index in [0.29, 0.717) is 6.04 Å². The van der Waals surface area contributed by atoms with Crippen LogP contribution in [-0.4, -0.2) is 61.2 Å². The average molecular weight is 281 g/mol. The van der Waals surface area contributed by atoms with Crippen molar-refractivity contribution in [3.8, 4) is 0 Å². The van der Waals surface area contributed by atoms with Gasteiger partial charge in [0.05, 0.1) is 0 Å². The number of nitrogens with one attached hydrogen (secondary N) is 1. The Balaban J connectivity index is 1.74. The van der Waals surface area contributed by atoms with Crippen molar-refractivity contribution < 1.29 is 0 Å². The highest BCUT2D eigenvalue weighted by atomic mass is 15.3. The standard InChI is InChI=1S/C17H35N3/c1-4-15(3)17(18-5-2)14-19-10-12-20(13-11-19)16-8-6-7-9-16/h15-18H,4-14H2,1-3H3. The Kier molecular flexibility index (Phi) is 6.79. The van der Waals surface area contributed by atoms with Gasteiger partial charge in [-0.15, -0.1) is 0 Å². The lowest BCUT2D eigenvalue weighted by molar-refractivity contribution is 0.0862. The first-order chi connectivity index (χ1) is 9.74. The van der Waals surface area contributed by atoms with Gasteiger partial charge in [0.2, 0.25) is 0 Å². The van der Waals surface area contributed by atoms with Crippen LogP contribution in [0.3, 0.4) is 0 Å². The minimum Gasteiger partial charge on any atom is -0.313 e. The highest BCUT2D eigenvalue weighted by Gasteiger charge is 2.27. The van der Waals surface area contributed by atoms with Gasteiger partial charge < -0.3 is 5.32 Å². The Hall–Kier alpha value is -0.120. The minimum atomic E-state index is 0.669. The SMILES string of the molecule is CCNC(CN1CCN(C2CCCC2)CC1)C(C)CC. The number of likely N-dealkylation sites (N-methyl/N-ethyl adjacent to an activating group) is 1. The first-order valence-electron chi connectivity index (χ1n) is 8.94. The summed E-state index contributed by atoms with van der Waals surface area (Å²) in [5.74, 6) is 0.780. The van der Waals surface area contributed by atoms with Gasteiger partial charge >= 0.3 is 0 Å². The Morgan fingerprint density at radius 3 is 2.25 bits per heavy atom. The van der Waals surface area contributed by atoms with Crippen LogP contribution in [0.2, 0.25) is 0 Å². The fourth-order valence-corrected chi connectivity index (χ4v) is 3.85. The predicted molar refractivity (Wildman–Crippen MR) is 87.2 cm³/mol. The van der Waals surface area contributed by atoms with Gasteiger partial charge in [0.15, 0.2) is 0 Å². The maximum absolute atomic E-state index is 3.69. The zero-order valence-electron chi connectivity index (χ0n) is 13.9. The summed E-state index contributed by atoms with van der Waals surface area (Å²) in [5.41, 5.74) is 0. The maximum atomic E-state index is 3.69. The van der Waals surface area contributed by atoms with Gasteiger partial charge in [0.1, 0.15) is 0 Å². The van der Waals surface area contributed by atoms with E-state index in [4.69, 9.17) is 0 Å². The van der Waals surface area contributed by atoms with E-state index in [1.54, 1.807) is 0 Å². The average Bonchev–Trinajstić information content (AvgIpc) is 3.01. The summed E-state index contributed by atoms with van der Waals surface area (Å²) in [7, 11) is 0. The second-order valence-corrected chi connectivity index (χ2v) is 6.82. The molecule has 2 rings (SSSR count). The first-order valence-corrected chi connectivity index (χ1v) is 8.94. The maximum Gasteiger partial charge on any atom is 0.0220 e. The molecule has 0 bridgehead atoms. The van der Waals surface area contributed by atoms with Crippen molar-refractivity contribution in [3.63, 3.8) is 0 Å². The van der Waals surface area contributed by atoms with Crippen LogP contribution in [0.5, 0.6) is 0 Å². The lowest BCUT2D eigenvalue weighted by atomic mass is 9.98. The van der Waals surface area contributed by atoms with E-state index in [1.165, 1.54) is 64.8 Å². The fraction of sp³-hybridized carbons (Fsp3) is 1.00. The lowest BCUT2D eigenvalue weighted by Gasteiger charge is -2.40. The Morgan fingerprint density at radius 1 is 1.05 bits per heavy atom. The number of hydrogen-bond acceptors (Lipinski definition) is 3. The fourth-order valence-electron chi connectivity index (χ4n) is 3.85. The molecule has 2 fully saturated rings. The summed E-state index contributed by atoms with van der Waals surface area (Å²) in [6, 6.07) is 1.58. The molecule has 20 heavy (non-hydrogen) atoms. The third kappa shape index (κ3) is 4.44. The zero-order chi connectivity index (χ0) is 14.4. The molecule has 1 saturated heterocycles. The molecule has 3 heteroatoms. The summed E-state index contributed by atoms with van der Waals surface area (Å²) in [4.78, 5) is 5.44. The van der Waals surface area contributed by atoms with Gasteiger partial charge in [0, 0.05) is 44.8 Å². The molecular weight excluding hydrogens is 246 g/mol. The van der Waals surface area contributed by atoms with Crippen LogP contribution in [0.4, 0.5) is 0 Å². The van der Waals surface area contributed by atoms with E-state index in [0.717, 1.165) is 18.5 Å². The number of hydrogen-bond donors (Lipinski definition) is 1. The van der Waals surface area contributed by atoms with E-state index >= 15 is 0 Å². The largest absolute Gasteiger partial charge is 0.313 e. The third-order valence-electron chi connectivity index (χ3n) is 5.50. The van der Waals surface area contributed by atoms with Crippen LogP contribution >= 0.6 is 0 Å². The molecule has 2 atom stereocenters. The van der Waals surface area contributed by atoms with E-state index < -0.39 is 0 Å². The van der Waals surface area contributed by atoms with Gasteiger partial charge in [0.25, 0.3) is 0 Å². The predicted octanol–water partition coefficient (Wildman–Crippen LogP) is 2.57. The lowest BCUT2D eigenvalue weighted by Crippen LogP contribution is -2.53. The minimum absolute atomic E-state index is 0.669. The van der Waals surface area contributed by atoms with Crippen molar-refractivity contribution in [1.82, 2.24) is 15.1 Å². The van der Waals surface area contributed by atoms with Crippen molar-refractivity contribution in [2.45, 2.75) is 65.0 Å². The van der Waals surface area contributed by atoms with Crippen molar-refractivity contribution in [2.24, 2.45) is 5.92 Å². The molecule has 1 heterocycles. The molecule has 0 aromatic rings. The monoisotopic (exact) mass is 281 g/mol. The van der Waals surface area contributed by atoms with E-state index in [2.05, 4.69) is 35.9 Å². The van der Waals surface area contributed by atoms with Crippen LogP contribution in [-0.2, 0) is 0 Å². The first kappa shape index (κ1) is 16.3. The second-order valence-electron chi connectivity index (χ2n) is 6.82. The molecule has 1 N–H and O–H groups in total. The quantitative estimate of drug-likeness (QED) is 0.774. The highest BCUT2D eigenvalue weighted by Crippen LogP contribution is 2.24. The number of rotatable bonds is 7. The van der Waals surface area contributed by atoms with E-state index in [1.807, 2.05) is 0 Å². The van der Waals surface area contributed by atoms with Crippen LogP contribution < -0.4 is 5.32 Å². The molecule has 1 aliphatic heterocycles. The van der Waals surface area contributed by atoms with Crippen LogP contribution in [0.1, 0.15) is 52.9 Å². The highest BCUT2D eigenvalue weighted by molar-refractivity contribution is 4.84. The van der Waals surface area contributed by atoms with Gasteiger partial charge in [-0.1, -0.05) is 40.0 Å². The van der Waals surface area contributed by atoms with E-state index in [9.17, 15) is 0 Å². The molecule has 118 valence electrons. The molecule has 0 amide bonds. The smallest absolute Gasteiger partial charge is 0.0220 e. The van der Waals surface area contributed by atoms with Crippen molar-refractivity contribution in [1.29, 1.82) is 0 Å². The Bertz CT molecular complexity index is 255. The van der Waals surface area contributed by atoms with Crippen LogP contribution in [0.15, 0.2) is 0 Å². The molecule has 2 unspecified atom stereocenters. The van der Waals surface area contributed by atoms with Gasteiger partial charge in [-0.25, -0.2) is 0 Å². The molecule has 1 aliphatic carbocycles. The topological polar surface area (TPSA) is 18.5 Å². The van der Waals surface area contributed by atoms with Gasteiger partial charge in [-0.05, 0) is 25.3 Å². The summed E-state index contributed by atoms with van der Waals surface area (Å²) in [5, 5.41) is 3.69. The van der Waals surface area contributed by atoms with Crippen molar-refractivity contribution in [2.75, 3.05) is 39.3 Å². The molecule has 0 radical (unpaired) electrons. The van der Waals surface area contributed by atoms with Crippen LogP contribution in [0.25, 0.3) is 0 Å². The summed E-state index contributed by atoms with van der Waals surface area (Å²) in [6.45, 7) is 14.4. The van der Waals surface area contributed by atoms with Gasteiger partial charge in [-0.2, -0.15) is 0 Å². The molecule has 0 aromatic heterocycles. The van der Waals surface area contributed by atoms with Gasteiger partial charge in [-0.3, -0.25) is 9.80 Å². The van der Waals surface area contributed by atoms with Crippen molar-refractivity contribution >= 4 is 0 Å². The molecule has 1 saturated carbocycles. The summed E-state index contributed by atoms with van der Waals surface area (Å²) >= 11 is 0. The molecule has 2 aliphatic rings. The normalized spacial score (nSPS) is 25.9. The van der Waals surface area contributed by atoms with Crippen LogP contribution in [0, 0.1) is 5.92 Å². The third-order valence-corrected chi connectivity index (χ3v) is 5.50. The van der Waals surface area contributed by atoms with Crippen molar-refractivity contribution in [3.05, 3.63) is 0 Å². The summed E-state index contributed by atoms with van der Waals surface area (Å²) < 4.78 is 0. The summed E-state index contributed by atoms with van der Waals surface area (Å²) in [6.07, 6.45) is 7.10. The zero-order valence-corrected chi connectivity index (χ0v) is 13.9. The van der Waals surface area contributed by atoms with E-state index in [-0.39, 0.29) is 0 Å². The molecule has 0 spiro atoms. The molecule has 3 nitrogen and oxygen atoms in total. The Morgan fingerprint density at radius 2 is 1.70 bits per heavy atom. The molecular formula is C17H35N3. The molecule has 0 aromatic carbocycles.